The van der Waals surface area contributed by atoms with E-state index in [-0.39, 0.29) is 18.6 Å². The molecule has 1 amide bonds. The highest BCUT2D eigenvalue weighted by Gasteiger charge is 2.17. The van der Waals surface area contributed by atoms with Gasteiger partial charge in [0.15, 0.2) is 0 Å². The van der Waals surface area contributed by atoms with Crippen molar-refractivity contribution in [3.63, 3.8) is 0 Å². The first kappa shape index (κ1) is 13.8. The van der Waals surface area contributed by atoms with Crippen LogP contribution in [0.1, 0.15) is 42.0 Å². The van der Waals surface area contributed by atoms with E-state index in [1.54, 1.807) is 0 Å². The van der Waals surface area contributed by atoms with Gasteiger partial charge in [-0.1, -0.05) is 13.8 Å². The maximum Gasteiger partial charge on any atom is 0.268 e. The Morgan fingerprint density at radius 3 is 2.53 bits per heavy atom. The van der Waals surface area contributed by atoms with E-state index >= 15 is 0 Å². The van der Waals surface area contributed by atoms with Crippen molar-refractivity contribution in [3.05, 3.63) is 23.0 Å². The van der Waals surface area contributed by atoms with Crippen LogP contribution in [-0.4, -0.2) is 28.6 Å². The monoisotopic (exact) mass is 238 g/mol. The molecule has 1 aromatic rings. The van der Waals surface area contributed by atoms with Gasteiger partial charge in [-0.25, -0.2) is 0 Å². The molecule has 17 heavy (non-hydrogen) atoms. The number of amides is 1. The molecule has 0 aliphatic carbocycles. The zero-order valence-electron chi connectivity index (χ0n) is 11.0. The predicted octanol–water partition coefficient (Wildman–Crippen LogP) is 1.77. The molecule has 0 aliphatic rings. The van der Waals surface area contributed by atoms with Gasteiger partial charge in [-0.15, -0.1) is 0 Å². The van der Waals surface area contributed by atoms with Crippen LogP contribution in [-0.2, 0) is 0 Å². The standard InChI is InChI=1S/C13H22N2O2/c1-8(2)5-11(7-16)15-13(17)12-9(3)6-10(4)14-12/h6,8,11,14,16H,5,7H2,1-4H3,(H,15,17). The van der Waals surface area contributed by atoms with Crippen LogP contribution in [0.25, 0.3) is 0 Å². The van der Waals surface area contributed by atoms with Crippen LogP contribution >= 0.6 is 0 Å². The Bertz CT molecular complexity index is 383. The summed E-state index contributed by atoms with van der Waals surface area (Å²) >= 11 is 0. The predicted molar refractivity (Wildman–Crippen MR) is 68.1 cm³/mol. The second-order valence-corrected chi connectivity index (χ2v) is 4.99. The number of aromatic nitrogens is 1. The average Bonchev–Trinajstić information content (AvgIpc) is 2.56. The molecule has 96 valence electrons. The molecule has 1 rings (SSSR count). The summed E-state index contributed by atoms with van der Waals surface area (Å²) in [6.45, 7) is 7.93. The van der Waals surface area contributed by atoms with Crippen LogP contribution in [0.15, 0.2) is 6.07 Å². The maximum absolute atomic E-state index is 12.0. The Labute approximate surface area is 102 Å². The molecule has 1 aromatic heterocycles. The Balaban J connectivity index is 2.67. The highest BCUT2D eigenvalue weighted by molar-refractivity contribution is 5.94. The quantitative estimate of drug-likeness (QED) is 0.732. The molecule has 4 heteroatoms. The second kappa shape index (κ2) is 5.87. The van der Waals surface area contributed by atoms with Crippen LogP contribution in [0.5, 0.6) is 0 Å². The Kier molecular flexibility index (Phi) is 4.75. The van der Waals surface area contributed by atoms with Crippen LogP contribution in [0.4, 0.5) is 0 Å². The lowest BCUT2D eigenvalue weighted by Gasteiger charge is -2.18. The third-order valence-electron chi connectivity index (χ3n) is 2.69. The Hall–Kier alpha value is -1.29. The molecule has 0 aromatic carbocycles. The minimum absolute atomic E-state index is 0.0251. The summed E-state index contributed by atoms with van der Waals surface area (Å²) in [7, 11) is 0. The number of aliphatic hydroxyl groups excluding tert-OH is 1. The molecule has 0 bridgehead atoms. The van der Waals surface area contributed by atoms with Gasteiger partial charge in [0.05, 0.1) is 12.6 Å². The molecular formula is C13H22N2O2. The zero-order valence-corrected chi connectivity index (χ0v) is 11.0. The van der Waals surface area contributed by atoms with Crippen LogP contribution in [0, 0.1) is 19.8 Å². The summed E-state index contributed by atoms with van der Waals surface area (Å²) in [4.78, 5) is 15.0. The molecule has 0 spiro atoms. The molecule has 0 saturated carbocycles. The molecule has 0 saturated heterocycles. The van der Waals surface area contributed by atoms with Crippen molar-refractivity contribution in [1.29, 1.82) is 0 Å². The van der Waals surface area contributed by atoms with E-state index in [1.807, 2.05) is 19.9 Å². The molecule has 1 atom stereocenters. The molecule has 1 unspecified atom stereocenters. The molecule has 4 nitrogen and oxygen atoms in total. The molecule has 1 heterocycles. The number of aliphatic hydroxyl groups is 1. The van der Waals surface area contributed by atoms with E-state index in [1.165, 1.54) is 0 Å². The fraction of sp³-hybridized carbons (Fsp3) is 0.615. The van der Waals surface area contributed by atoms with Gasteiger partial charge in [-0.2, -0.15) is 0 Å². The minimum atomic E-state index is -0.175. The lowest BCUT2D eigenvalue weighted by Crippen LogP contribution is -2.38. The lowest BCUT2D eigenvalue weighted by molar-refractivity contribution is 0.0903. The first-order valence-electron chi connectivity index (χ1n) is 6.02. The van der Waals surface area contributed by atoms with E-state index in [9.17, 15) is 9.90 Å². The number of carbonyl (C=O) groups excluding carboxylic acids is 1. The number of H-pyrrole nitrogens is 1. The minimum Gasteiger partial charge on any atom is -0.394 e. The van der Waals surface area contributed by atoms with Crippen LogP contribution < -0.4 is 5.32 Å². The number of hydrogen-bond acceptors (Lipinski definition) is 2. The summed E-state index contributed by atoms with van der Waals surface area (Å²) < 4.78 is 0. The summed E-state index contributed by atoms with van der Waals surface area (Å²) in [6.07, 6.45) is 0.779. The molecule has 0 fully saturated rings. The maximum atomic E-state index is 12.0. The third kappa shape index (κ3) is 3.89. The van der Waals surface area contributed by atoms with Crippen molar-refractivity contribution in [2.45, 2.75) is 40.2 Å². The molecule has 0 radical (unpaired) electrons. The topological polar surface area (TPSA) is 65.1 Å². The van der Waals surface area contributed by atoms with Crippen molar-refractivity contribution in [3.8, 4) is 0 Å². The van der Waals surface area contributed by atoms with E-state index in [0.717, 1.165) is 17.7 Å². The smallest absolute Gasteiger partial charge is 0.268 e. The van der Waals surface area contributed by atoms with Crippen molar-refractivity contribution < 1.29 is 9.90 Å². The van der Waals surface area contributed by atoms with Gasteiger partial charge in [0.1, 0.15) is 5.69 Å². The second-order valence-electron chi connectivity index (χ2n) is 4.99. The normalized spacial score (nSPS) is 12.8. The van der Waals surface area contributed by atoms with Gasteiger partial charge in [0.2, 0.25) is 0 Å². The van der Waals surface area contributed by atoms with Crippen molar-refractivity contribution >= 4 is 5.91 Å². The fourth-order valence-corrected chi connectivity index (χ4v) is 1.97. The van der Waals surface area contributed by atoms with Gasteiger partial charge in [0.25, 0.3) is 5.91 Å². The molecule has 0 aliphatic heterocycles. The number of carbonyl (C=O) groups is 1. The SMILES string of the molecule is Cc1cc(C)c(C(=O)NC(CO)CC(C)C)[nH]1. The van der Waals surface area contributed by atoms with Crippen molar-refractivity contribution in [2.75, 3.05) is 6.61 Å². The summed E-state index contributed by atoms with van der Waals surface area (Å²) in [5, 5.41) is 12.1. The average molecular weight is 238 g/mol. The summed E-state index contributed by atoms with van der Waals surface area (Å²) in [5.41, 5.74) is 2.49. The highest BCUT2D eigenvalue weighted by Crippen LogP contribution is 2.10. The Morgan fingerprint density at radius 1 is 1.47 bits per heavy atom. The summed E-state index contributed by atoms with van der Waals surface area (Å²) in [6, 6.07) is 1.76. The van der Waals surface area contributed by atoms with E-state index in [4.69, 9.17) is 0 Å². The first-order valence-corrected chi connectivity index (χ1v) is 6.02. The number of aryl methyl sites for hydroxylation is 2. The van der Waals surface area contributed by atoms with E-state index in [0.29, 0.717) is 11.6 Å². The largest absolute Gasteiger partial charge is 0.394 e. The number of rotatable bonds is 5. The summed E-state index contributed by atoms with van der Waals surface area (Å²) in [5.74, 6) is 0.300. The third-order valence-corrected chi connectivity index (χ3v) is 2.69. The van der Waals surface area contributed by atoms with Gasteiger partial charge in [-0.3, -0.25) is 4.79 Å². The molecule has 3 N–H and O–H groups in total. The van der Waals surface area contributed by atoms with Crippen LogP contribution in [0.3, 0.4) is 0 Å². The van der Waals surface area contributed by atoms with E-state index < -0.39 is 0 Å². The van der Waals surface area contributed by atoms with Crippen molar-refractivity contribution in [2.24, 2.45) is 5.92 Å². The van der Waals surface area contributed by atoms with Gasteiger partial charge in [0, 0.05) is 5.69 Å². The van der Waals surface area contributed by atoms with Gasteiger partial charge >= 0.3 is 0 Å². The van der Waals surface area contributed by atoms with E-state index in [2.05, 4.69) is 24.1 Å². The first-order chi connectivity index (χ1) is 7.93. The Morgan fingerprint density at radius 2 is 2.12 bits per heavy atom. The zero-order chi connectivity index (χ0) is 13.0. The van der Waals surface area contributed by atoms with Crippen molar-refractivity contribution in [1.82, 2.24) is 10.3 Å². The lowest BCUT2D eigenvalue weighted by atomic mass is 10.0. The van der Waals surface area contributed by atoms with Crippen LogP contribution in [0.2, 0.25) is 0 Å². The number of aromatic amines is 1. The number of hydrogen-bond donors (Lipinski definition) is 3. The van der Waals surface area contributed by atoms with Gasteiger partial charge in [-0.05, 0) is 37.8 Å². The fourth-order valence-electron chi connectivity index (χ4n) is 1.97. The highest BCUT2D eigenvalue weighted by atomic mass is 16.3. The van der Waals surface area contributed by atoms with Gasteiger partial charge < -0.3 is 15.4 Å². The number of nitrogens with one attached hydrogen (secondary N) is 2. The molecular weight excluding hydrogens is 216 g/mol.